The van der Waals surface area contributed by atoms with E-state index in [9.17, 15) is 11.8 Å². The van der Waals surface area contributed by atoms with Crippen LogP contribution in [0.5, 0.6) is 0 Å². The Kier molecular flexibility index (Phi) is 8.36. The molecule has 6 heterocycles. The van der Waals surface area contributed by atoms with E-state index >= 15 is 0 Å². The van der Waals surface area contributed by atoms with Crippen LogP contribution in [0.3, 0.4) is 0 Å². The summed E-state index contributed by atoms with van der Waals surface area (Å²) >= 11 is 3.56. The molecule has 0 saturated carbocycles. The van der Waals surface area contributed by atoms with E-state index in [0.29, 0.717) is 16.9 Å². The number of hydrogen-bond donors (Lipinski definition) is 0. The van der Waals surface area contributed by atoms with Crippen LogP contribution in [0.4, 0.5) is 5.69 Å². The van der Waals surface area contributed by atoms with Gasteiger partial charge in [0.25, 0.3) is 0 Å². The van der Waals surface area contributed by atoms with Crippen LogP contribution in [-0.4, -0.2) is 18.3 Å². The van der Waals surface area contributed by atoms with Gasteiger partial charge in [-0.3, -0.25) is 0 Å². The Labute approximate surface area is 441 Å². The highest BCUT2D eigenvalue weighted by molar-refractivity contribution is 7.27. The molecular weight excluding hydrogens is 965 g/mol. The fourth-order valence-electron chi connectivity index (χ4n) is 13.0. The highest BCUT2D eigenvalue weighted by Gasteiger charge is 2.35. The van der Waals surface area contributed by atoms with Crippen molar-refractivity contribution in [3.63, 3.8) is 0 Å². The molecule has 350 valence electrons. The molecule has 0 unspecified atom stereocenters. The van der Waals surface area contributed by atoms with Gasteiger partial charge in [0.05, 0.1) is 94.5 Å². The van der Waals surface area contributed by atoms with E-state index in [-0.39, 0.29) is 5.69 Å². The van der Waals surface area contributed by atoms with Gasteiger partial charge in [0.15, 0.2) is 0 Å². The molecule has 0 aliphatic rings. The van der Waals surface area contributed by atoms with Gasteiger partial charge in [-0.1, -0.05) is 170 Å². The molecule has 0 radical (unpaired) electrons. The van der Waals surface area contributed by atoms with Gasteiger partial charge in [-0.2, -0.15) is 5.26 Å². The Hall–Kier alpha value is -9.96. The summed E-state index contributed by atoms with van der Waals surface area (Å²) in [6, 6.07) is 80.9. The molecule has 0 spiro atoms. The van der Waals surface area contributed by atoms with Gasteiger partial charge in [-0.25, -0.2) is 4.85 Å². The minimum absolute atomic E-state index is 0.272. The lowest BCUT2D eigenvalue weighted by Gasteiger charge is -2.28. The number of fused-ring (bicyclic) bond motifs is 20. The molecular formula is C68H36N6S2. The Morgan fingerprint density at radius 3 is 1.00 bits per heavy atom. The van der Waals surface area contributed by atoms with Crippen LogP contribution in [-0.2, 0) is 0 Å². The van der Waals surface area contributed by atoms with Crippen LogP contribution in [0.25, 0.3) is 155 Å². The quantitative estimate of drug-likeness (QED) is 0.162. The lowest BCUT2D eigenvalue weighted by atomic mass is 10.0. The molecule has 6 nitrogen and oxygen atoms in total. The monoisotopic (exact) mass is 1000 g/mol. The van der Waals surface area contributed by atoms with E-state index < -0.39 is 0 Å². The lowest BCUT2D eigenvalue weighted by molar-refractivity contribution is 1.02. The van der Waals surface area contributed by atoms with Crippen LogP contribution < -0.4 is 0 Å². The summed E-state index contributed by atoms with van der Waals surface area (Å²) in [5.41, 5.74) is 11.3. The Morgan fingerprint density at radius 1 is 0.316 bits per heavy atom. The highest BCUT2D eigenvalue weighted by Crippen LogP contribution is 2.54. The summed E-state index contributed by atoms with van der Waals surface area (Å²) in [5.74, 6) is 0. The first-order chi connectivity index (χ1) is 37.7. The minimum atomic E-state index is 0.272. The van der Waals surface area contributed by atoms with Gasteiger partial charge in [0, 0.05) is 74.0 Å². The Balaban J connectivity index is 1.22. The zero-order chi connectivity index (χ0) is 49.9. The van der Waals surface area contributed by atoms with Gasteiger partial charge in [-0.15, -0.1) is 22.7 Å². The predicted octanol–water partition coefficient (Wildman–Crippen LogP) is 19.2. The lowest BCUT2D eigenvalue weighted by Crippen LogP contribution is -2.15. The molecule has 0 amide bonds. The van der Waals surface area contributed by atoms with E-state index in [4.69, 9.17) is 4.85 Å². The maximum atomic E-state index is 12.5. The summed E-state index contributed by atoms with van der Waals surface area (Å²) in [5, 5.41) is 25.8. The third-order valence-electron chi connectivity index (χ3n) is 16.0. The first-order valence-electron chi connectivity index (χ1n) is 25.4. The summed E-state index contributed by atoms with van der Waals surface area (Å²) in [6.45, 7) is 9.75. The predicted molar refractivity (Wildman–Crippen MR) is 321 cm³/mol. The molecule has 0 aliphatic carbocycles. The molecule has 6 aromatic heterocycles. The smallest absolute Gasteiger partial charge is 0.232 e. The molecule has 11 aromatic carbocycles. The molecule has 17 rings (SSSR count). The van der Waals surface area contributed by atoms with Crippen molar-refractivity contribution in [3.8, 4) is 28.8 Å². The molecule has 76 heavy (non-hydrogen) atoms. The second kappa shape index (κ2) is 15.3. The van der Waals surface area contributed by atoms with Crippen LogP contribution >= 0.6 is 22.7 Å². The van der Waals surface area contributed by atoms with Crippen molar-refractivity contribution in [1.29, 1.82) is 5.26 Å². The van der Waals surface area contributed by atoms with Crippen LogP contribution in [0.15, 0.2) is 218 Å². The molecule has 0 N–H and O–H groups in total. The Morgan fingerprint density at radius 2 is 0.618 bits per heavy atom. The number of aromatic nitrogens is 4. The van der Waals surface area contributed by atoms with Crippen molar-refractivity contribution >= 4 is 156 Å². The van der Waals surface area contributed by atoms with E-state index in [1.54, 1.807) is 22.7 Å². The van der Waals surface area contributed by atoms with Gasteiger partial charge in [-0.05, 0) is 48.5 Å². The first kappa shape index (κ1) is 41.5. The zero-order valence-corrected chi connectivity index (χ0v) is 41.9. The standard InChI is InChI=1S/C68H36N6S2/c1-70-60-51(38-69)61(73-56-30-14-6-22-43(56)47-34-36-49-45-24-8-16-32-58(45)75-67(49)62(47)73)65(71-52-26-10-2-18-39(52)40-19-3-11-27-53(40)71)66(72-54-28-12-4-20-41(54)42-21-5-13-29-55(42)72)64(60)74-57-31-15-7-23-44(57)48-35-37-50-46-25-9-17-33-59(46)76-68(50)63(48)74/h2-37H. The highest BCUT2D eigenvalue weighted by atomic mass is 32.1. The average Bonchev–Trinajstić information content (AvgIpc) is 4.34. The number of thiophene rings is 2. The third kappa shape index (κ3) is 5.26. The minimum Gasteiger partial charge on any atom is -0.316 e. The summed E-state index contributed by atoms with van der Waals surface area (Å²) in [4.78, 5) is 4.72. The Bertz CT molecular complexity index is 5070. The fraction of sp³-hybridized carbons (Fsp3) is 0. The average molecular weight is 1000 g/mol. The molecule has 0 saturated heterocycles. The number of hydrogen-bond acceptors (Lipinski definition) is 3. The fourth-order valence-corrected chi connectivity index (χ4v) is 15.5. The van der Waals surface area contributed by atoms with Crippen molar-refractivity contribution in [2.45, 2.75) is 0 Å². The molecule has 0 aliphatic heterocycles. The molecule has 17 aromatic rings. The van der Waals surface area contributed by atoms with E-state index in [1.165, 1.54) is 20.2 Å². The van der Waals surface area contributed by atoms with Gasteiger partial charge in [0.1, 0.15) is 0 Å². The van der Waals surface area contributed by atoms with Crippen molar-refractivity contribution in [2.75, 3.05) is 0 Å². The van der Waals surface area contributed by atoms with E-state index in [1.807, 2.05) is 0 Å². The maximum absolute atomic E-state index is 12.5. The van der Waals surface area contributed by atoms with Crippen molar-refractivity contribution in [1.82, 2.24) is 18.3 Å². The van der Waals surface area contributed by atoms with E-state index in [2.05, 4.69) is 243 Å². The first-order valence-corrected chi connectivity index (χ1v) is 27.0. The summed E-state index contributed by atoms with van der Waals surface area (Å²) < 4.78 is 14.1. The topological polar surface area (TPSA) is 47.9 Å². The molecule has 0 bridgehead atoms. The normalized spacial score (nSPS) is 12.2. The van der Waals surface area contributed by atoms with Crippen molar-refractivity contribution in [2.24, 2.45) is 0 Å². The number of benzene rings is 11. The van der Waals surface area contributed by atoms with Crippen molar-refractivity contribution < 1.29 is 0 Å². The zero-order valence-electron chi connectivity index (χ0n) is 40.3. The number of para-hydroxylation sites is 6. The second-order valence-corrected chi connectivity index (χ2v) is 21.8. The molecule has 0 fully saturated rings. The van der Waals surface area contributed by atoms with Gasteiger partial charge in [0.2, 0.25) is 5.69 Å². The maximum Gasteiger partial charge on any atom is 0.232 e. The van der Waals surface area contributed by atoms with Crippen LogP contribution in [0, 0.1) is 17.9 Å². The number of rotatable bonds is 4. The second-order valence-electron chi connectivity index (χ2n) is 19.7. The number of nitrogens with zero attached hydrogens (tertiary/aromatic N) is 6. The summed E-state index contributed by atoms with van der Waals surface area (Å²) in [6.07, 6.45) is 0. The van der Waals surface area contributed by atoms with Crippen LogP contribution in [0.1, 0.15) is 5.56 Å². The SMILES string of the molecule is [C-]#[N+]c1c(C#N)c(-n2c3ccccc3c3ccc4c5ccccc5sc4c32)c(-n2c3ccccc3c3ccccc32)c(-n2c3ccccc3c3ccccc32)c1-n1c2ccccc2c2ccc3c4ccccc4sc3c21. The van der Waals surface area contributed by atoms with E-state index in [0.717, 1.165) is 119 Å². The van der Waals surface area contributed by atoms with Crippen LogP contribution in [0.2, 0.25) is 0 Å². The third-order valence-corrected chi connectivity index (χ3v) is 18.4. The molecule has 8 heteroatoms. The van der Waals surface area contributed by atoms with Gasteiger partial charge < -0.3 is 18.3 Å². The molecule has 0 atom stereocenters. The number of nitriles is 1. The largest absolute Gasteiger partial charge is 0.316 e. The van der Waals surface area contributed by atoms with Gasteiger partial charge >= 0.3 is 0 Å². The summed E-state index contributed by atoms with van der Waals surface area (Å²) in [7, 11) is 0. The van der Waals surface area contributed by atoms with Crippen molar-refractivity contribution in [3.05, 3.63) is 235 Å².